The van der Waals surface area contributed by atoms with Gasteiger partial charge in [0.15, 0.2) is 6.54 Å². The first-order valence-electron chi connectivity index (χ1n) is 19.7. The maximum Gasteiger partial charge on any atom is 0.266 e. The predicted octanol–water partition coefficient (Wildman–Crippen LogP) is 10.5. The van der Waals surface area contributed by atoms with Gasteiger partial charge < -0.3 is 19.5 Å². The molecule has 276 valence electrons. The minimum absolute atomic E-state index is 0.153. The number of anilines is 1. The van der Waals surface area contributed by atoms with E-state index in [0.717, 1.165) is 92.3 Å². The average molecular weight is 742 g/mol. The van der Waals surface area contributed by atoms with Crippen LogP contribution in [-0.2, 0) is 16.1 Å². The van der Waals surface area contributed by atoms with E-state index in [0.29, 0.717) is 37.9 Å². The number of fused-ring (bicyclic) bond motifs is 6. The lowest BCUT2D eigenvalue weighted by Crippen LogP contribution is -2.39. The highest BCUT2D eigenvalue weighted by Gasteiger charge is 2.45. The second-order valence-corrected chi connectivity index (χ2v) is 16.8. The fourth-order valence-electron chi connectivity index (χ4n) is 8.06. The summed E-state index contributed by atoms with van der Waals surface area (Å²) in [5.74, 6) is 1.46. The van der Waals surface area contributed by atoms with Crippen molar-refractivity contribution in [1.29, 1.82) is 0 Å². The molecule has 1 aliphatic carbocycles. The van der Waals surface area contributed by atoms with Crippen LogP contribution in [0.5, 0.6) is 11.5 Å². The van der Waals surface area contributed by atoms with E-state index in [9.17, 15) is 14.7 Å². The van der Waals surface area contributed by atoms with Crippen LogP contribution in [0.4, 0.5) is 5.69 Å². The highest BCUT2D eigenvalue weighted by molar-refractivity contribution is 8.03. The van der Waals surface area contributed by atoms with Crippen LogP contribution in [-0.4, -0.2) is 36.4 Å². The number of thiazole rings is 1. The molecule has 3 aliphatic heterocycles. The fraction of sp³-hybridized carbons (Fsp3) is 0.512. The summed E-state index contributed by atoms with van der Waals surface area (Å²) in [6.45, 7) is 11.9. The number of nitrogens with zero attached hydrogens (tertiary/aromatic N) is 2. The largest absolute Gasteiger partial charge is 0.506 e. The Balaban J connectivity index is 1.18. The molecule has 2 atom stereocenters. The molecule has 2 unspecified atom stereocenters. The van der Waals surface area contributed by atoms with E-state index in [4.69, 9.17) is 9.47 Å². The first-order chi connectivity index (χ1) is 25.4. The number of hydrogen-bond donors (Lipinski definition) is 1. The van der Waals surface area contributed by atoms with Gasteiger partial charge in [-0.25, -0.2) is 0 Å². The van der Waals surface area contributed by atoms with E-state index in [2.05, 4.69) is 61.4 Å². The van der Waals surface area contributed by atoms with Crippen LogP contribution in [0, 0.1) is 11.8 Å². The van der Waals surface area contributed by atoms with E-state index >= 15 is 0 Å². The molecule has 0 fully saturated rings. The third-order valence-electron chi connectivity index (χ3n) is 11.3. The lowest BCUT2D eigenvalue weighted by atomic mass is 9.97. The molecule has 0 radical (unpaired) electrons. The fourth-order valence-corrected chi connectivity index (χ4v) is 10.5. The van der Waals surface area contributed by atoms with Crippen molar-refractivity contribution in [1.82, 2.24) is 0 Å². The molecule has 0 bridgehead atoms. The molecule has 0 saturated carbocycles. The van der Waals surface area contributed by atoms with Gasteiger partial charge in [0.2, 0.25) is 17.1 Å². The van der Waals surface area contributed by atoms with E-state index in [1.165, 1.54) is 38.5 Å². The number of Topliss-reactive ketones (excluding diaryl/α,β-unsaturated/α-hetero) is 2. The summed E-state index contributed by atoms with van der Waals surface area (Å²) in [5.41, 5.74) is 4.07. The number of carbonyl (C=O) groups excluding carboxylic acids is 2. The van der Waals surface area contributed by atoms with Crippen LogP contribution >= 0.6 is 23.1 Å². The van der Waals surface area contributed by atoms with Gasteiger partial charge in [-0.15, -0.1) is 0 Å². The number of carbonyl (C=O) groups is 2. The van der Waals surface area contributed by atoms with Gasteiger partial charge in [0.1, 0.15) is 22.0 Å². The molecule has 0 saturated heterocycles. The minimum atomic E-state index is -0.593. The lowest BCUT2D eigenvalue weighted by molar-refractivity contribution is -0.672. The molecule has 4 aliphatic rings. The van der Waals surface area contributed by atoms with E-state index in [1.807, 2.05) is 12.1 Å². The summed E-state index contributed by atoms with van der Waals surface area (Å²) in [7, 11) is 0. The number of allylic oxidation sites excluding steroid dienone is 4. The van der Waals surface area contributed by atoms with Crippen molar-refractivity contribution in [3.05, 3.63) is 68.9 Å². The molecule has 7 nitrogen and oxygen atoms in total. The molecule has 1 N–H and O–H groups in total. The Morgan fingerprint density at radius 2 is 1.48 bits per heavy atom. The van der Waals surface area contributed by atoms with Gasteiger partial charge in [-0.05, 0) is 73.8 Å². The quantitative estimate of drug-likeness (QED) is 0.0944. The van der Waals surface area contributed by atoms with Gasteiger partial charge in [0, 0.05) is 23.9 Å². The highest BCUT2D eigenvalue weighted by Crippen LogP contribution is 2.53. The van der Waals surface area contributed by atoms with Crippen LogP contribution < -0.4 is 18.9 Å². The first-order valence-corrected chi connectivity index (χ1v) is 21.3. The Labute approximate surface area is 316 Å². The van der Waals surface area contributed by atoms with Crippen LogP contribution in [0.1, 0.15) is 110 Å². The summed E-state index contributed by atoms with van der Waals surface area (Å²) >= 11 is 3.24. The van der Waals surface area contributed by atoms with Crippen molar-refractivity contribution in [3.8, 4) is 11.5 Å². The standard InChI is InChI=1S/C43H52N2O5S2/c1-5-9-13-27(7-3)25-49-29-17-19-35-33(23-29)44-21-11-15-31(42(44)51-35)37-39(46)38(41(48)40(37)47)32-16-12-22-45-34-24-30(18-20-36(34)52-43(32)45)50-26-28(8-4)14-10-6-2/h17-20,23-24,27-28H,5-16,21-22,25-26H2,1-4H3/p+1. The van der Waals surface area contributed by atoms with Crippen molar-refractivity contribution in [2.75, 3.05) is 24.7 Å². The number of hydrogen-bond acceptors (Lipinski definition) is 8. The summed E-state index contributed by atoms with van der Waals surface area (Å²) < 4.78 is 15.9. The van der Waals surface area contributed by atoms with Gasteiger partial charge in [-0.2, -0.15) is 4.57 Å². The van der Waals surface area contributed by atoms with Crippen molar-refractivity contribution >= 4 is 56.1 Å². The Morgan fingerprint density at radius 1 is 0.827 bits per heavy atom. The van der Waals surface area contributed by atoms with Gasteiger partial charge in [0.05, 0.1) is 46.7 Å². The third-order valence-corrected chi connectivity index (χ3v) is 13.7. The zero-order valence-electron chi connectivity index (χ0n) is 31.2. The Morgan fingerprint density at radius 3 is 2.17 bits per heavy atom. The monoisotopic (exact) mass is 741 g/mol. The number of benzene rings is 2. The van der Waals surface area contributed by atoms with Crippen LogP contribution in [0.15, 0.2) is 68.8 Å². The Hall–Kier alpha value is -3.56. The van der Waals surface area contributed by atoms with Crippen LogP contribution in [0.2, 0.25) is 0 Å². The summed E-state index contributed by atoms with van der Waals surface area (Å²) in [5, 5.41) is 13.8. The smallest absolute Gasteiger partial charge is 0.266 e. The Kier molecular flexibility index (Phi) is 11.5. The Bertz CT molecular complexity index is 1960. The maximum atomic E-state index is 13.9. The van der Waals surface area contributed by atoms with Crippen molar-refractivity contribution in [2.45, 2.75) is 116 Å². The SMILES string of the molecule is CCCCC(CC)COc1ccc2c(c1)N1CCCC(C3=C(O)/C(=C4/CCC[n+]5c4sc4ccc(OCC(CC)CCCC)cc45)C(=O)C3=O)=C1S2. The summed E-state index contributed by atoms with van der Waals surface area (Å²) in [4.78, 5) is 31.1. The van der Waals surface area contributed by atoms with E-state index < -0.39 is 11.6 Å². The maximum absolute atomic E-state index is 13.9. The molecule has 0 amide bonds. The normalized spacial score (nSPS) is 19.7. The second kappa shape index (κ2) is 16.2. The number of aromatic nitrogens is 1. The molecule has 9 heteroatoms. The summed E-state index contributed by atoms with van der Waals surface area (Å²) in [6, 6.07) is 12.5. The number of ketones is 2. The first kappa shape index (κ1) is 36.8. The molecule has 4 heterocycles. The van der Waals surface area contributed by atoms with Gasteiger partial charge in [0.25, 0.3) is 5.01 Å². The molecular formula is C43H53N2O5S2+. The van der Waals surface area contributed by atoms with Crippen LogP contribution in [0.25, 0.3) is 15.8 Å². The molecule has 7 rings (SSSR count). The zero-order chi connectivity index (χ0) is 36.4. The molecule has 2 aromatic carbocycles. The zero-order valence-corrected chi connectivity index (χ0v) is 32.9. The van der Waals surface area contributed by atoms with Gasteiger partial charge >= 0.3 is 0 Å². The predicted molar refractivity (Wildman–Crippen MR) is 211 cm³/mol. The number of ether oxygens (including phenoxy) is 2. The lowest BCUT2D eigenvalue weighted by Gasteiger charge is -2.28. The average Bonchev–Trinajstić information content (AvgIpc) is 3.80. The number of aryl methyl sites for hydroxylation is 1. The molecule has 0 spiro atoms. The van der Waals surface area contributed by atoms with Crippen LogP contribution in [0.3, 0.4) is 0 Å². The molecule has 1 aromatic heterocycles. The molecule has 3 aromatic rings. The van der Waals surface area contributed by atoms with E-state index in [-0.39, 0.29) is 16.9 Å². The minimum Gasteiger partial charge on any atom is -0.506 e. The molecular weight excluding hydrogens is 689 g/mol. The third kappa shape index (κ3) is 7.07. The number of aliphatic hydroxyl groups excluding tert-OH is 1. The van der Waals surface area contributed by atoms with Gasteiger partial charge in [-0.1, -0.05) is 89.3 Å². The topological polar surface area (TPSA) is 80.0 Å². The van der Waals surface area contributed by atoms with Gasteiger partial charge in [-0.3, -0.25) is 9.59 Å². The number of thioether (sulfide) groups is 1. The van der Waals surface area contributed by atoms with Crippen molar-refractivity contribution in [2.24, 2.45) is 11.8 Å². The highest BCUT2D eigenvalue weighted by atomic mass is 32.2. The summed E-state index contributed by atoms with van der Waals surface area (Å²) in [6.07, 6.45) is 12.3. The number of rotatable bonds is 15. The molecule has 52 heavy (non-hydrogen) atoms. The number of unbranched alkanes of at least 4 members (excludes halogenated alkanes) is 2. The second-order valence-electron chi connectivity index (χ2n) is 14.8. The number of aliphatic hydroxyl groups is 1. The van der Waals surface area contributed by atoms with E-state index in [1.54, 1.807) is 23.1 Å². The van der Waals surface area contributed by atoms with Crippen molar-refractivity contribution in [3.63, 3.8) is 0 Å². The van der Waals surface area contributed by atoms with Crippen molar-refractivity contribution < 1.29 is 28.7 Å².